The molecule has 1 unspecified atom stereocenters. The standard InChI is InChI=1S/C13H26N2/c1-12(11-13-5-4-6-13)14-7-10-15-8-2-3-9-15/h12-14H,2-11H2,1H3. The Morgan fingerprint density at radius 3 is 2.53 bits per heavy atom. The van der Waals surface area contributed by atoms with Crippen LogP contribution in [0, 0.1) is 5.92 Å². The van der Waals surface area contributed by atoms with Crippen molar-refractivity contribution in [2.75, 3.05) is 26.2 Å². The number of hydrogen-bond donors (Lipinski definition) is 1. The summed E-state index contributed by atoms with van der Waals surface area (Å²) in [4.78, 5) is 2.59. The Morgan fingerprint density at radius 2 is 1.93 bits per heavy atom. The van der Waals surface area contributed by atoms with Crippen molar-refractivity contribution in [3.63, 3.8) is 0 Å². The molecular formula is C13H26N2. The average Bonchev–Trinajstić information content (AvgIpc) is 2.64. The predicted octanol–water partition coefficient (Wildman–Crippen LogP) is 2.25. The van der Waals surface area contributed by atoms with Crippen molar-refractivity contribution in [3.05, 3.63) is 0 Å². The molecule has 0 aromatic carbocycles. The van der Waals surface area contributed by atoms with Crippen molar-refractivity contribution in [2.45, 2.75) is 51.5 Å². The van der Waals surface area contributed by atoms with Crippen molar-refractivity contribution in [3.8, 4) is 0 Å². The van der Waals surface area contributed by atoms with E-state index in [4.69, 9.17) is 0 Å². The lowest BCUT2D eigenvalue weighted by Gasteiger charge is -2.29. The highest BCUT2D eigenvalue weighted by molar-refractivity contribution is 4.75. The van der Waals surface area contributed by atoms with E-state index in [0.717, 1.165) is 12.0 Å². The third-order valence-electron chi connectivity index (χ3n) is 4.03. The number of hydrogen-bond acceptors (Lipinski definition) is 2. The van der Waals surface area contributed by atoms with Crippen LogP contribution in [-0.4, -0.2) is 37.1 Å². The summed E-state index contributed by atoms with van der Waals surface area (Å²) in [6, 6.07) is 0.734. The molecule has 1 aliphatic carbocycles. The molecule has 1 atom stereocenters. The maximum absolute atomic E-state index is 3.67. The second kappa shape index (κ2) is 5.86. The second-order valence-electron chi connectivity index (χ2n) is 5.44. The molecule has 0 amide bonds. The van der Waals surface area contributed by atoms with Crippen molar-refractivity contribution < 1.29 is 0 Å². The van der Waals surface area contributed by atoms with Gasteiger partial charge in [-0.25, -0.2) is 0 Å². The predicted molar refractivity (Wildman–Crippen MR) is 65.1 cm³/mol. The van der Waals surface area contributed by atoms with Gasteiger partial charge in [-0.1, -0.05) is 19.3 Å². The van der Waals surface area contributed by atoms with Crippen molar-refractivity contribution in [2.24, 2.45) is 5.92 Å². The molecule has 88 valence electrons. The zero-order chi connectivity index (χ0) is 10.5. The summed E-state index contributed by atoms with van der Waals surface area (Å²) in [5.74, 6) is 1.04. The molecule has 2 nitrogen and oxygen atoms in total. The van der Waals surface area contributed by atoms with E-state index in [0.29, 0.717) is 0 Å². The topological polar surface area (TPSA) is 15.3 Å². The van der Waals surface area contributed by atoms with E-state index in [2.05, 4.69) is 17.1 Å². The molecule has 0 radical (unpaired) electrons. The third-order valence-corrected chi connectivity index (χ3v) is 4.03. The first kappa shape index (κ1) is 11.4. The average molecular weight is 210 g/mol. The highest BCUT2D eigenvalue weighted by atomic mass is 15.1. The Hall–Kier alpha value is -0.0800. The molecule has 1 aliphatic heterocycles. The van der Waals surface area contributed by atoms with Gasteiger partial charge in [0.15, 0.2) is 0 Å². The summed E-state index contributed by atoms with van der Waals surface area (Å²) in [6.45, 7) is 7.46. The van der Waals surface area contributed by atoms with Crippen LogP contribution in [0.1, 0.15) is 45.4 Å². The van der Waals surface area contributed by atoms with E-state index in [9.17, 15) is 0 Å². The largest absolute Gasteiger partial charge is 0.313 e. The highest BCUT2D eigenvalue weighted by Crippen LogP contribution is 2.30. The molecule has 0 aromatic heterocycles. The first-order valence-electron chi connectivity index (χ1n) is 6.80. The van der Waals surface area contributed by atoms with Gasteiger partial charge in [-0.15, -0.1) is 0 Å². The molecular weight excluding hydrogens is 184 g/mol. The van der Waals surface area contributed by atoms with Crippen LogP contribution in [0.15, 0.2) is 0 Å². The Balaban J connectivity index is 1.48. The Kier molecular flexibility index (Phi) is 4.45. The number of nitrogens with zero attached hydrogens (tertiary/aromatic N) is 1. The smallest absolute Gasteiger partial charge is 0.0107 e. The maximum Gasteiger partial charge on any atom is 0.0107 e. The summed E-state index contributed by atoms with van der Waals surface area (Å²) in [6.07, 6.45) is 8.68. The van der Waals surface area contributed by atoms with Crippen LogP contribution in [0.5, 0.6) is 0 Å². The minimum atomic E-state index is 0.734. The van der Waals surface area contributed by atoms with Crippen LogP contribution in [0.4, 0.5) is 0 Å². The van der Waals surface area contributed by atoms with Crippen LogP contribution in [-0.2, 0) is 0 Å². The quantitative estimate of drug-likeness (QED) is 0.723. The van der Waals surface area contributed by atoms with Gasteiger partial charge in [0.05, 0.1) is 0 Å². The molecule has 1 N–H and O–H groups in total. The maximum atomic E-state index is 3.67. The molecule has 15 heavy (non-hydrogen) atoms. The Morgan fingerprint density at radius 1 is 1.20 bits per heavy atom. The van der Waals surface area contributed by atoms with Gasteiger partial charge in [-0.3, -0.25) is 0 Å². The van der Waals surface area contributed by atoms with Crippen LogP contribution >= 0.6 is 0 Å². The molecule has 2 fully saturated rings. The van der Waals surface area contributed by atoms with Gasteiger partial charge < -0.3 is 10.2 Å². The molecule has 0 aromatic rings. The number of nitrogens with one attached hydrogen (secondary N) is 1. The van der Waals surface area contributed by atoms with Crippen molar-refractivity contribution >= 4 is 0 Å². The number of likely N-dealkylation sites (tertiary alicyclic amines) is 1. The second-order valence-corrected chi connectivity index (χ2v) is 5.44. The lowest BCUT2D eigenvalue weighted by atomic mass is 9.81. The van der Waals surface area contributed by atoms with E-state index >= 15 is 0 Å². The van der Waals surface area contributed by atoms with Crippen LogP contribution < -0.4 is 5.32 Å². The molecule has 2 rings (SSSR count). The minimum absolute atomic E-state index is 0.734. The fraction of sp³-hybridized carbons (Fsp3) is 1.00. The zero-order valence-electron chi connectivity index (χ0n) is 10.2. The fourth-order valence-corrected chi connectivity index (χ4v) is 2.79. The molecule has 1 saturated heterocycles. The van der Waals surface area contributed by atoms with E-state index < -0.39 is 0 Å². The van der Waals surface area contributed by atoms with E-state index in [1.807, 2.05) is 0 Å². The summed E-state index contributed by atoms with van der Waals surface area (Å²) >= 11 is 0. The third kappa shape index (κ3) is 3.76. The van der Waals surface area contributed by atoms with Gasteiger partial charge in [-0.05, 0) is 45.2 Å². The SMILES string of the molecule is CC(CC1CCC1)NCCN1CCCC1. The zero-order valence-corrected chi connectivity index (χ0v) is 10.2. The fourth-order valence-electron chi connectivity index (χ4n) is 2.79. The Labute approximate surface area is 94.4 Å². The summed E-state index contributed by atoms with van der Waals surface area (Å²) in [5, 5.41) is 3.67. The van der Waals surface area contributed by atoms with Crippen LogP contribution in [0.2, 0.25) is 0 Å². The van der Waals surface area contributed by atoms with Gasteiger partial charge >= 0.3 is 0 Å². The van der Waals surface area contributed by atoms with Gasteiger partial charge in [-0.2, -0.15) is 0 Å². The first-order valence-corrected chi connectivity index (χ1v) is 6.80. The van der Waals surface area contributed by atoms with Crippen molar-refractivity contribution in [1.29, 1.82) is 0 Å². The molecule has 1 heterocycles. The lowest BCUT2D eigenvalue weighted by Crippen LogP contribution is -2.36. The van der Waals surface area contributed by atoms with Gasteiger partial charge in [0.1, 0.15) is 0 Å². The molecule has 2 heteroatoms. The van der Waals surface area contributed by atoms with Crippen LogP contribution in [0.25, 0.3) is 0 Å². The van der Waals surface area contributed by atoms with Crippen molar-refractivity contribution in [1.82, 2.24) is 10.2 Å². The molecule has 1 saturated carbocycles. The van der Waals surface area contributed by atoms with E-state index in [-0.39, 0.29) is 0 Å². The van der Waals surface area contributed by atoms with Gasteiger partial charge in [0, 0.05) is 19.1 Å². The highest BCUT2D eigenvalue weighted by Gasteiger charge is 2.19. The first-order chi connectivity index (χ1) is 7.34. The van der Waals surface area contributed by atoms with Gasteiger partial charge in [0.2, 0.25) is 0 Å². The molecule has 0 spiro atoms. The van der Waals surface area contributed by atoms with Gasteiger partial charge in [0.25, 0.3) is 0 Å². The Bertz CT molecular complexity index is 171. The summed E-state index contributed by atoms with van der Waals surface area (Å²) in [5.41, 5.74) is 0. The summed E-state index contributed by atoms with van der Waals surface area (Å²) < 4.78 is 0. The summed E-state index contributed by atoms with van der Waals surface area (Å²) in [7, 11) is 0. The lowest BCUT2D eigenvalue weighted by molar-refractivity contribution is 0.259. The minimum Gasteiger partial charge on any atom is -0.313 e. The molecule has 0 bridgehead atoms. The molecule has 2 aliphatic rings. The normalized spacial score (nSPS) is 25.4. The number of rotatable bonds is 6. The van der Waals surface area contributed by atoms with Crippen LogP contribution in [0.3, 0.4) is 0 Å². The monoisotopic (exact) mass is 210 g/mol. The van der Waals surface area contributed by atoms with E-state index in [1.165, 1.54) is 64.7 Å². The van der Waals surface area contributed by atoms with E-state index in [1.54, 1.807) is 0 Å².